The van der Waals surface area contributed by atoms with Gasteiger partial charge in [0.1, 0.15) is 5.82 Å². The average molecular weight is 340 g/mol. The lowest BCUT2D eigenvalue weighted by atomic mass is 10.3. The third kappa shape index (κ3) is 4.60. The van der Waals surface area contributed by atoms with E-state index in [1.54, 1.807) is 11.3 Å². The van der Waals surface area contributed by atoms with E-state index in [-0.39, 0.29) is 0 Å². The molecule has 0 atom stereocenters. The molecule has 0 bridgehead atoms. The van der Waals surface area contributed by atoms with Gasteiger partial charge in [-0.05, 0) is 54.3 Å². The monoisotopic (exact) mass is 339 g/mol. The lowest BCUT2D eigenvalue weighted by molar-refractivity contribution is 0.412. The second kappa shape index (κ2) is 7.03. The lowest BCUT2D eigenvalue weighted by Crippen LogP contribution is -2.31. The number of pyridine rings is 1. The van der Waals surface area contributed by atoms with Crippen molar-refractivity contribution in [3.8, 4) is 0 Å². The van der Waals surface area contributed by atoms with E-state index in [2.05, 4.69) is 63.0 Å². The summed E-state index contributed by atoms with van der Waals surface area (Å²) in [5.41, 5.74) is 0. The summed E-state index contributed by atoms with van der Waals surface area (Å²) in [4.78, 5) is 10.3. The third-order valence-corrected chi connectivity index (χ3v) is 4.37. The van der Waals surface area contributed by atoms with E-state index in [9.17, 15) is 0 Å². The topological polar surface area (TPSA) is 19.4 Å². The highest BCUT2D eigenvalue weighted by atomic mass is 79.9. The molecule has 0 aliphatic rings. The molecule has 0 aliphatic carbocycles. The van der Waals surface area contributed by atoms with E-state index in [1.807, 2.05) is 18.3 Å². The largest absolute Gasteiger partial charge is 0.350 e. The standard InChI is InChI=1S/C14H18BrN3S/c1-17(2)9-10-18(14-5-3-4-8-16-14)11-12-6-7-13(15)19-12/h3-8H,9-11H2,1-2H3. The first-order chi connectivity index (χ1) is 9.15. The summed E-state index contributed by atoms with van der Waals surface area (Å²) in [5, 5.41) is 0. The fourth-order valence-corrected chi connectivity index (χ4v) is 3.26. The number of hydrogen-bond donors (Lipinski definition) is 0. The van der Waals surface area contributed by atoms with Gasteiger partial charge >= 0.3 is 0 Å². The highest BCUT2D eigenvalue weighted by Crippen LogP contribution is 2.24. The first-order valence-electron chi connectivity index (χ1n) is 6.20. The van der Waals surface area contributed by atoms with E-state index in [0.717, 1.165) is 25.5 Å². The summed E-state index contributed by atoms with van der Waals surface area (Å²) in [6.07, 6.45) is 1.85. The first-order valence-corrected chi connectivity index (χ1v) is 7.81. The zero-order valence-corrected chi connectivity index (χ0v) is 13.6. The Bertz CT molecular complexity index is 498. The smallest absolute Gasteiger partial charge is 0.128 e. The van der Waals surface area contributed by atoms with Gasteiger partial charge in [-0.3, -0.25) is 0 Å². The van der Waals surface area contributed by atoms with E-state index in [1.165, 1.54) is 8.66 Å². The van der Waals surface area contributed by atoms with E-state index >= 15 is 0 Å². The van der Waals surface area contributed by atoms with Crippen LogP contribution < -0.4 is 4.90 Å². The van der Waals surface area contributed by atoms with Gasteiger partial charge in [-0.1, -0.05) is 6.07 Å². The van der Waals surface area contributed by atoms with Crippen LogP contribution in [0, 0.1) is 0 Å². The molecule has 0 saturated carbocycles. The van der Waals surface area contributed by atoms with Crippen LogP contribution in [-0.2, 0) is 6.54 Å². The molecule has 2 rings (SSSR count). The van der Waals surface area contributed by atoms with Crippen molar-refractivity contribution in [3.05, 3.63) is 45.2 Å². The molecule has 0 aromatic carbocycles. The van der Waals surface area contributed by atoms with Crippen LogP contribution in [0.1, 0.15) is 4.88 Å². The number of thiophene rings is 1. The lowest BCUT2D eigenvalue weighted by Gasteiger charge is -2.24. The van der Waals surface area contributed by atoms with Crippen molar-refractivity contribution in [2.75, 3.05) is 32.1 Å². The van der Waals surface area contributed by atoms with Crippen molar-refractivity contribution in [2.24, 2.45) is 0 Å². The number of anilines is 1. The summed E-state index contributed by atoms with van der Waals surface area (Å²) >= 11 is 5.30. The molecule has 0 aliphatic heterocycles. The molecular weight excluding hydrogens is 322 g/mol. The van der Waals surface area contributed by atoms with E-state index < -0.39 is 0 Å². The number of hydrogen-bond acceptors (Lipinski definition) is 4. The Morgan fingerprint density at radius 2 is 2.00 bits per heavy atom. The minimum absolute atomic E-state index is 0.904. The Kier molecular flexibility index (Phi) is 5.36. The molecule has 2 heterocycles. The maximum Gasteiger partial charge on any atom is 0.128 e. The number of likely N-dealkylation sites (N-methyl/N-ethyl adjacent to an activating group) is 1. The molecule has 0 unspecified atom stereocenters. The normalized spacial score (nSPS) is 10.9. The van der Waals surface area contributed by atoms with Crippen LogP contribution in [0.4, 0.5) is 5.82 Å². The predicted molar refractivity (Wildman–Crippen MR) is 85.9 cm³/mol. The summed E-state index contributed by atoms with van der Waals surface area (Å²) in [6.45, 7) is 2.89. The van der Waals surface area contributed by atoms with Gasteiger partial charge in [-0.15, -0.1) is 11.3 Å². The molecule has 0 amide bonds. The molecule has 0 fully saturated rings. The molecule has 5 heteroatoms. The van der Waals surface area contributed by atoms with Gasteiger partial charge in [-0.25, -0.2) is 4.98 Å². The molecule has 19 heavy (non-hydrogen) atoms. The highest BCUT2D eigenvalue weighted by Gasteiger charge is 2.10. The fraction of sp³-hybridized carbons (Fsp3) is 0.357. The van der Waals surface area contributed by atoms with Crippen molar-refractivity contribution in [3.63, 3.8) is 0 Å². The van der Waals surface area contributed by atoms with Crippen molar-refractivity contribution in [1.82, 2.24) is 9.88 Å². The number of rotatable bonds is 6. The Hall–Kier alpha value is -0.910. The third-order valence-electron chi connectivity index (χ3n) is 2.77. The van der Waals surface area contributed by atoms with Crippen LogP contribution in [0.5, 0.6) is 0 Å². The highest BCUT2D eigenvalue weighted by molar-refractivity contribution is 9.11. The van der Waals surface area contributed by atoms with Gasteiger partial charge in [0, 0.05) is 24.2 Å². The Labute approximate surface area is 127 Å². The molecular formula is C14H18BrN3S. The van der Waals surface area contributed by atoms with E-state index in [4.69, 9.17) is 0 Å². The van der Waals surface area contributed by atoms with Crippen molar-refractivity contribution in [1.29, 1.82) is 0 Å². The number of nitrogens with zero attached hydrogens (tertiary/aromatic N) is 3. The van der Waals surface area contributed by atoms with Gasteiger partial charge < -0.3 is 9.80 Å². The number of aromatic nitrogens is 1. The van der Waals surface area contributed by atoms with E-state index in [0.29, 0.717) is 0 Å². The van der Waals surface area contributed by atoms with Crippen LogP contribution >= 0.6 is 27.3 Å². The molecule has 3 nitrogen and oxygen atoms in total. The molecule has 2 aromatic heterocycles. The quantitative estimate of drug-likeness (QED) is 0.803. The maximum absolute atomic E-state index is 4.46. The summed E-state index contributed by atoms with van der Waals surface area (Å²) < 4.78 is 1.18. The average Bonchev–Trinajstić information content (AvgIpc) is 2.81. The number of halogens is 1. The van der Waals surface area contributed by atoms with Crippen molar-refractivity contribution >= 4 is 33.1 Å². The minimum atomic E-state index is 0.904. The molecule has 0 spiro atoms. The van der Waals surface area contributed by atoms with Gasteiger partial charge in [0.05, 0.1) is 10.3 Å². The van der Waals surface area contributed by atoms with Crippen LogP contribution in [0.3, 0.4) is 0 Å². The second-order valence-corrected chi connectivity index (χ2v) is 7.17. The maximum atomic E-state index is 4.46. The van der Waals surface area contributed by atoms with Gasteiger partial charge in [0.25, 0.3) is 0 Å². The summed E-state index contributed by atoms with van der Waals surface area (Å²) in [5.74, 6) is 1.04. The molecule has 0 radical (unpaired) electrons. The van der Waals surface area contributed by atoms with Gasteiger partial charge in [-0.2, -0.15) is 0 Å². The molecule has 0 saturated heterocycles. The fourth-order valence-electron chi connectivity index (χ4n) is 1.76. The Balaban J connectivity index is 2.10. The van der Waals surface area contributed by atoms with Gasteiger partial charge in [0.15, 0.2) is 0 Å². The summed E-state index contributed by atoms with van der Waals surface area (Å²) in [7, 11) is 4.19. The molecule has 102 valence electrons. The summed E-state index contributed by atoms with van der Waals surface area (Å²) in [6, 6.07) is 10.3. The Morgan fingerprint density at radius 1 is 1.16 bits per heavy atom. The zero-order chi connectivity index (χ0) is 13.7. The van der Waals surface area contributed by atoms with Crippen LogP contribution in [0.15, 0.2) is 40.3 Å². The molecule has 0 N–H and O–H groups in total. The SMILES string of the molecule is CN(C)CCN(Cc1ccc(Br)s1)c1ccccn1. The van der Waals surface area contributed by atoms with Crippen molar-refractivity contribution < 1.29 is 0 Å². The zero-order valence-electron chi connectivity index (χ0n) is 11.2. The van der Waals surface area contributed by atoms with Crippen LogP contribution in [0.25, 0.3) is 0 Å². The molecule has 2 aromatic rings. The second-order valence-electron chi connectivity index (χ2n) is 4.62. The first kappa shape index (κ1) is 14.5. The van der Waals surface area contributed by atoms with Gasteiger partial charge in [0.2, 0.25) is 0 Å². The predicted octanol–water partition coefficient (Wildman–Crippen LogP) is 3.47. The van der Waals surface area contributed by atoms with Crippen LogP contribution in [-0.4, -0.2) is 37.1 Å². The van der Waals surface area contributed by atoms with Crippen LogP contribution in [0.2, 0.25) is 0 Å². The minimum Gasteiger partial charge on any atom is -0.350 e. The Morgan fingerprint density at radius 3 is 2.58 bits per heavy atom. The van der Waals surface area contributed by atoms with Crippen molar-refractivity contribution in [2.45, 2.75) is 6.54 Å².